The lowest BCUT2D eigenvalue weighted by Crippen LogP contribution is -2.33. The molecule has 3 N–H and O–H groups in total. The zero-order valence-electron chi connectivity index (χ0n) is 16.4. The molecule has 3 aromatic rings. The molecule has 0 amide bonds. The standard InChI is InChI=1S/C21H22BN5O3/c23-12-16-4-5-17(13-24-16)25-21-3-1-2-19(26-21)15-8-10-27(11-9-15)14-18-6-7-20(30-18)22(28)29/h1-7,13,15,28-29H,8-11,14H2,(H,25,26). The van der Waals surface area contributed by atoms with Crippen LogP contribution in [0, 0.1) is 11.3 Å². The van der Waals surface area contributed by atoms with Crippen LogP contribution in [0.3, 0.4) is 0 Å². The Kier molecular flexibility index (Phi) is 6.09. The third-order valence-corrected chi connectivity index (χ3v) is 5.24. The Morgan fingerprint density at radius 3 is 2.67 bits per heavy atom. The highest BCUT2D eigenvalue weighted by Gasteiger charge is 2.23. The van der Waals surface area contributed by atoms with Crippen molar-refractivity contribution in [3.8, 4) is 6.07 Å². The first kappa shape index (κ1) is 20.1. The van der Waals surface area contributed by atoms with Crippen molar-refractivity contribution in [3.63, 3.8) is 0 Å². The van der Waals surface area contributed by atoms with Crippen molar-refractivity contribution in [2.24, 2.45) is 0 Å². The minimum Gasteiger partial charge on any atom is -0.468 e. The number of furan rings is 1. The second-order valence-electron chi connectivity index (χ2n) is 7.34. The molecule has 1 fully saturated rings. The highest BCUT2D eigenvalue weighted by molar-refractivity contribution is 6.56. The van der Waals surface area contributed by atoms with Gasteiger partial charge >= 0.3 is 7.12 Å². The minimum atomic E-state index is -1.57. The summed E-state index contributed by atoms with van der Waals surface area (Å²) in [5.74, 6) is 1.87. The third-order valence-electron chi connectivity index (χ3n) is 5.24. The van der Waals surface area contributed by atoms with Crippen LogP contribution in [0.25, 0.3) is 0 Å². The summed E-state index contributed by atoms with van der Waals surface area (Å²) in [6.45, 7) is 2.49. The van der Waals surface area contributed by atoms with E-state index in [1.807, 2.05) is 24.3 Å². The Morgan fingerprint density at radius 2 is 2.00 bits per heavy atom. The van der Waals surface area contributed by atoms with Gasteiger partial charge in [-0.25, -0.2) is 9.97 Å². The minimum absolute atomic E-state index is 0.172. The van der Waals surface area contributed by atoms with Crippen LogP contribution in [0.5, 0.6) is 0 Å². The highest BCUT2D eigenvalue weighted by Crippen LogP contribution is 2.28. The molecule has 4 heterocycles. The van der Waals surface area contributed by atoms with Gasteiger partial charge in [0.25, 0.3) is 0 Å². The van der Waals surface area contributed by atoms with Crippen LogP contribution in [-0.4, -0.2) is 45.1 Å². The fourth-order valence-electron chi connectivity index (χ4n) is 3.66. The number of hydrogen-bond acceptors (Lipinski definition) is 8. The molecule has 3 aromatic heterocycles. The predicted molar refractivity (Wildman–Crippen MR) is 112 cm³/mol. The van der Waals surface area contributed by atoms with E-state index in [1.54, 1.807) is 24.4 Å². The van der Waals surface area contributed by atoms with Gasteiger partial charge in [0.1, 0.15) is 29.0 Å². The van der Waals surface area contributed by atoms with Crippen LogP contribution >= 0.6 is 0 Å². The topological polar surface area (TPSA) is 118 Å². The Labute approximate surface area is 175 Å². The summed E-state index contributed by atoms with van der Waals surface area (Å²) in [6, 6.07) is 14.9. The first-order chi connectivity index (χ1) is 14.6. The molecule has 0 atom stereocenters. The van der Waals surface area contributed by atoms with E-state index in [4.69, 9.17) is 24.7 Å². The van der Waals surface area contributed by atoms with E-state index in [9.17, 15) is 0 Å². The smallest absolute Gasteiger partial charge is 0.468 e. The molecule has 9 heteroatoms. The van der Waals surface area contributed by atoms with Crippen molar-refractivity contribution in [2.75, 3.05) is 18.4 Å². The molecule has 152 valence electrons. The number of nitriles is 1. The Balaban J connectivity index is 1.34. The van der Waals surface area contributed by atoms with Gasteiger partial charge in [-0.2, -0.15) is 5.26 Å². The lowest BCUT2D eigenvalue weighted by molar-refractivity contribution is 0.190. The molecule has 1 aliphatic heterocycles. The molecule has 0 bridgehead atoms. The van der Waals surface area contributed by atoms with Crippen LogP contribution in [0.1, 0.15) is 35.9 Å². The van der Waals surface area contributed by atoms with Crippen LogP contribution in [-0.2, 0) is 6.54 Å². The number of rotatable bonds is 6. The summed E-state index contributed by atoms with van der Waals surface area (Å²) < 4.78 is 5.46. The third kappa shape index (κ3) is 4.86. The Hall–Kier alpha value is -3.19. The first-order valence-electron chi connectivity index (χ1n) is 9.88. The number of nitrogens with zero attached hydrogens (tertiary/aromatic N) is 4. The summed E-state index contributed by atoms with van der Waals surface area (Å²) in [7, 11) is -1.57. The number of piperidine rings is 1. The summed E-state index contributed by atoms with van der Waals surface area (Å²) in [5.41, 5.74) is 2.41. The lowest BCUT2D eigenvalue weighted by atomic mass is 9.88. The van der Waals surface area contributed by atoms with Gasteiger partial charge in [0.2, 0.25) is 0 Å². The van der Waals surface area contributed by atoms with Gasteiger partial charge in [0.05, 0.1) is 18.4 Å². The maximum absolute atomic E-state index is 9.16. The monoisotopic (exact) mass is 403 g/mol. The van der Waals surface area contributed by atoms with Crippen LogP contribution in [0.4, 0.5) is 11.5 Å². The molecule has 1 aliphatic rings. The number of pyridine rings is 2. The Bertz CT molecular complexity index is 1020. The molecule has 30 heavy (non-hydrogen) atoms. The maximum atomic E-state index is 9.16. The second-order valence-corrected chi connectivity index (χ2v) is 7.34. The van der Waals surface area contributed by atoms with E-state index in [-0.39, 0.29) is 5.66 Å². The number of nitrogens with one attached hydrogen (secondary N) is 1. The quantitative estimate of drug-likeness (QED) is 0.533. The number of likely N-dealkylation sites (tertiary alicyclic amines) is 1. The summed E-state index contributed by atoms with van der Waals surface area (Å²) in [6.07, 6.45) is 3.61. The molecular weight excluding hydrogens is 381 g/mol. The molecule has 0 saturated carbocycles. The van der Waals surface area contributed by atoms with Crippen LogP contribution in [0.15, 0.2) is 53.1 Å². The Morgan fingerprint density at radius 1 is 1.17 bits per heavy atom. The van der Waals surface area contributed by atoms with Gasteiger partial charge in [0.15, 0.2) is 0 Å². The molecule has 0 spiro atoms. The van der Waals surface area contributed by atoms with E-state index in [0.717, 1.165) is 48.9 Å². The average Bonchev–Trinajstić information content (AvgIpc) is 3.24. The van der Waals surface area contributed by atoms with Gasteiger partial charge in [-0.1, -0.05) is 6.07 Å². The van der Waals surface area contributed by atoms with E-state index in [2.05, 4.69) is 21.3 Å². The maximum Gasteiger partial charge on any atom is 0.526 e. The molecule has 1 saturated heterocycles. The summed E-state index contributed by atoms with van der Waals surface area (Å²) in [5, 5.41) is 30.4. The summed E-state index contributed by atoms with van der Waals surface area (Å²) >= 11 is 0. The van der Waals surface area contributed by atoms with Crippen molar-refractivity contribution in [2.45, 2.75) is 25.3 Å². The van der Waals surface area contributed by atoms with Crippen LogP contribution in [0.2, 0.25) is 0 Å². The fourth-order valence-corrected chi connectivity index (χ4v) is 3.66. The van der Waals surface area contributed by atoms with Crippen molar-refractivity contribution in [3.05, 3.63) is 65.8 Å². The molecule has 0 aromatic carbocycles. The molecule has 8 nitrogen and oxygen atoms in total. The largest absolute Gasteiger partial charge is 0.526 e. The molecule has 0 aliphatic carbocycles. The number of anilines is 2. The van der Waals surface area contributed by atoms with Crippen LogP contribution < -0.4 is 11.0 Å². The van der Waals surface area contributed by atoms with E-state index < -0.39 is 7.12 Å². The number of hydrogen-bond donors (Lipinski definition) is 3. The van der Waals surface area contributed by atoms with Gasteiger partial charge in [-0.3, -0.25) is 4.90 Å². The van der Waals surface area contributed by atoms with Crippen molar-refractivity contribution in [1.82, 2.24) is 14.9 Å². The second kappa shape index (κ2) is 9.09. The SMILES string of the molecule is N#Cc1ccc(Nc2cccc(C3CCN(Cc4ccc(B(O)O)o4)CC3)n2)cn1. The van der Waals surface area contributed by atoms with Gasteiger partial charge in [-0.15, -0.1) is 0 Å². The van der Waals surface area contributed by atoms with E-state index in [1.165, 1.54) is 0 Å². The summed E-state index contributed by atoms with van der Waals surface area (Å²) in [4.78, 5) is 11.1. The normalized spacial score (nSPS) is 15.0. The van der Waals surface area contributed by atoms with E-state index in [0.29, 0.717) is 18.2 Å². The average molecular weight is 403 g/mol. The fraction of sp³-hybridized carbons (Fsp3) is 0.286. The zero-order chi connectivity index (χ0) is 20.9. The first-order valence-corrected chi connectivity index (χ1v) is 9.88. The predicted octanol–water partition coefficient (Wildman–Crippen LogP) is 1.74. The number of aromatic nitrogens is 2. The van der Waals surface area contributed by atoms with Crippen molar-refractivity contribution >= 4 is 24.3 Å². The van der Waals surface area contributed by atoms with Gasteiger partial charge in [-0.05, 0) is 62.3 Å². The zero-order valence-corrected chi connectivity index (χ0v) is 16.4. The van der Waals surface area contributed by atoms with E-state index >= 15 is 0 Å². The van der Waals surface area contributed by atoms with Gasteiger partial charge < -0.3 is 19.8 Å². The van der Waals surface area contributed by atoms with Crippen molar-refractivity contribution in [1.29, 1.82) is 5.26 Å². The molecule has 4 rings (SSSR count). The highest BCUT2D eigenvalue weighted by atomic mass is 16.4. The van der Waals surface area contributed by atoms with Crippen molar-refractivity contribution < 1.29 is 14.5 Å². The molecular formula is C21H22BN5O3. The molecule has 0 radical (unpaired) electrons. The van der Waals surface area contributed by atoms with Gasteiger partial charge in [0, 0.05) is 11.6 Å². The molecule has 0 unspecified atom stereocenters. The lowest BCUT2D eigenvalue weighted by Gasteiger charge is -2.31.